The summed E-state index contributed by atoms with van der Waals surface area (Å²) in [6.07, 6.45) is 0. The standard InChI is InChI=1S/C20H18FN3O4S2/c1-12-6-7-13(10-17(12)24-20(26)15-4-2-3-5-16(15)21)19(25)23-11-14-8-9-18(29-14)30(22,27)28/h2-10H,11H2,1H3,(H,23,25)(H,24,26)(H2,22,27,28). The number of amides is 2. The fourth-order valence-corrected chi connectivity index (χ4v) is 4.33. The van der Waals surface area contributed by atoms with Crippen LogP contribution in [-0.4, -0.2) is 20.2 Å². The van der Waals surface area contributed by atoms with Crippen molar-refractivity contribution in [3.8, 4) is 0 Å². The van der Waals surface area contributed by atoms with Crippen molar-refractivity contribution >= 4 is 38.9 Å². The van der Waals surface area contributed by atoms with Crippen LogP contribution in [0.25, 0.3) is 0 Å². The highest BCUT2D eigenvalue weighted by atomic mass is 32.2. The molecule has 0 bridgehead atoms. The summed E-state index contributed by atoms with van der Waals surface area (Å²) in [7, 11) is -3.78. The second-order valence-electron chi connectivity index (χ2n) is 6.41. The molecule has 0 fully saturated rings. The van der Waals surface area contributed by atoms with Gasteiger partial charge in [-0.3, -0.25) is 9.59 Å². The van der Waals surface area contributed by atoms with Gasteiger partial charge in [-0.1, -0.05) is 18.2 Å². The number of hydrogen-bond donors (Lipinski definition) is 3. The van der Waals surface area contributed by atoms with Gasteiger partial charge in [-0.05, 0) is 48.9 Å². The van der Waals surface area contributed by atoms with E-state index in [0.29, 0.717) is 16.1 Å². The highest BCUT2D eigenvalue weighted by Gasteiger charge is 2.15. The number of aryl methyl sites for hydroxylation is 1. The van der Waals surface area contributed by atoms with Crippen molar-refractivity contribution < 1.29 is 22.4 Å². The van der Waals surface area contributed by atoms with Gasteiger partial charge in [-0.15, -0.1) is 11.3 Å². The molecule has 30 heavy (non-hydrogen) atoms. The zero-order valence-electron chi connectivity index (χ0n) is 15.8. The molecular formula is C20H18FN3O4S2. The maximum Gasteiger partial charge on any atom is 0.258 e. The van der Waals surface area contributed by atoms with Crippen LogP contribution in [0.3, 0.4) is 0 Å². The zero-order chi connectivity index (χ0) is 21.9. The second kappa shape index (κ2) is 8.74. The normalized spacial score (nSPS) is 11.2. The van der Waals surface area contributed by atoms with Crippen LogP contribution in [0, 0.1) is 12.7 Å². The van der Waals surface area contributed by atoms with Gasteiger partial charge in [0.25, 0.3) is 11.8 Å². The molecule has 156 valence electrons. The number of nitrogens with one attached hydrogen (secondary N) is 2. The Morgan fingerprint density at radius 1 is 1.07 bits per heavy atom. The van der Waals surface area contributed by atoms with Gasteiger partial charge in [0, 0.05) is 16.1 Å². The number of thiophene rings is 1. The quantitative estimate of drug-likeness (QED) is 0.538. The van der Waals surface area contributed by atoms with E-state index in [9.17, 15) is 22.4 Å². The third-order valence-electron chi connectivity index (χ3n) is 4.21. The molecule has 1 heterocycles. The van der Waals surface area contributed by atoms with Crippen molar-refractivity contribution in [3.05, 3.63) is 82.0 Å². The summed E-state index contributed by atoms with van der Waals surface area (Å²) < 4.78 is 36.5. The van der Waals surface area contributed by atoms with Gasteiger partial charge in [0.05, 0.1) is 12.1 Å². The maximum absolute atomic E-state index is 13.8. The van der Waals surface area contributed by atoms with Crippen molar-refractivity contribution in [2.45, 2.75) is 17.7 Å². The van der Waals surface area contributed by atoms with E-state index >= 15 is 0 Å². The third-order valence-corrected chi connectivity index (χ3v) is 6.73. The second-order valence-corrected chi connectivity index (χ2v) is 9.37. The topological polar surface area (TPSA) is 118 Å². The first-order valence-electron chi connectivity index (χ1n) is 8.71. The minimum absolute atomic E-state index is 0.0141. The van der Waals surface area contributed by atoms with E-state index in [0.717, 1.165) is 11.3 Å². The van der Waals surface area contributed by atoms with Crippen LogP contribution in [-0.2, 0) is 16.6 Å². The number of rotatable bonds is 6. The predicted octanol–water partition coefficient (Wildman–Crippen LogP) is 3.03. The molecule has 0 saturated carbocycles. The molecule has 2 aromatic carbocycles. The Balaban J connectivity index is 1.71. The van der Waals surface area contributed by atoms with E-state index < -0.39 is 27.7 Å². The molecule has 1 aromatic heterocycles. The summed E-state index contributed by atoms with van der Waals surface area (Å²) in [6.45, 7) is 1.86. The van der Waals surface area contributed by atoms with Crippen molar-refractivity contribution in [1.29, 1.82) is 0 Å². The Morgan fingerprint density at radius 3 is 2.47 bits per heavy atom. The van der Waals surface area contributed by atoms with Crippen LogP contribution in [0.1, 0.15) is 31.2 Å². The van der Waals surface area contributed by atoms with Crippen LogP contribution in [0.15, 0.2) is 58.8 Å². The zero-order valence-corrected chi connectivity index (χ0v) is 17.4. The number of halogens is 1. The largest absolute Gasteiger partial charge is 0.347 e. The maximum atomic E-state index is 13.8. The number of benzene rings is 2. The van der Waals surface area contributed by atoms with Crippen LogP contribution in [0.4, 0.5) is 10.1 Å². The number of hydrogen-bond acceptors (Lipinski definition) is 5. The molecule has 0 unspecified atom stereocenters. The Kier molecular flexibility index (Phi) is 6.30. The molecule has 3 aromatic rings. The lowest BCUT2D eigenvalue weighted by atomic mass is 10.1. The highest BCUT2D eigenvalue weighted by molar-refractivity contribution is 7.91. The molecule has 7 nitrogen and oxygen atoms in total. The first-order valence-corrected chi connectivity index (χ1v) is 11.1. The average molecular weight is 448 g/mol. The van der Waals surface area contributed by atoms with Crippen LogP contribution >= 0.6 is 11.3 Å². The molecule has 0 spiro atoms. The lowest BCUT2D eigenvalue weighted by molar-refractivity contribution is 0.0949. The van der Waals surface area contributed by atoms with E-state index in [-0.39, 0.29) is 21.9 Å². The van der Waals surface area contributed by atoms with Crippen LogP contribution in [0.2, 0.25) is 0 Å². The van der Waals surface area contributed by atoms with Crippen molar-refractivity contribution in [3.63, 3.8) is 0 Å². The van der Waals surface area contributed by atoms with Gasteiger partial charge in [0.15, 0.2) is 0 Å². The summed E-state index contributed by atoms with van der Waals surface area (Å²) in [6, 6.07) is 13.3. The number of anilines is 1. The Hall–Kier alpha value is -3.08. The molecule has 0 saturated heterocycles. The SMILES string of the molecule is Cc1ccc(C(=O)NCc2ccc(S(N)(=O)=O)s2)cc1NC(=O)c1ccccc1F. The Bertz CT molecular complexity index is 1220. The molecule has 0 radical (unpaired) electrons. The number of primary sulfonamides is 1. The molecule has 3 rings (SSSR count). The highest BCUT2D eigenvalue weighted by Crippen LogP contribution is 2.21. The first-order chi connectivity index (χ1) is 14.1. The van der Waals surface area contributed by atoms with Gasteiger partial charge in [-0.25, -0.2) is 17.9 Å². The minimum atomic E-state index is -3.78. The monoisotopic (exact) mass is 447 g/mol. The fourth-order valence-electron chi connectivity index (χ4n) is 2.61. The van der Waals surface area contributed by atoms with Crippen molar-refractivity contribution in [1.82, 2.24) is 5.32 Å². The Labute approximate surface area is 176 Å². The summed E-state index contributed by atoms with van der Waals surface area (Å²) in [5.41, 5.74) is 1.26. The van der Waals surface area contributed by atoms with E-state index in [2.05, 4.69) is 10.6 Å². The van der Waals surface area contributed by atoms with Crippen molar-refractivity contribution in [2.75, 3.05) is 5.32 Å². The number of carbonyl (C=O) groups excluding carboxylic acids is 2. The van der Waals surface area contributed by atoms with Gasteiger partial charge in [0.2, 0.25) is 10.0 Å². The van der Waals surface area contributed by atoms with E-state index in [4.69, 9.17) is 5.14 Å². The molecule has 0 atom stereocenters. The van der Waals surface area contributed by atoms with E-state index in [1.807, 2.05) is 0 Å². The van der Waals surface area contributed by atoms with Crippen molar-refractivity contribution in [2.24, 2.45) is 5.14 Å². The van der Waals surface area contributed by atoms with E-state index in [1.54, 1.807) is 31.2 Å². The first kappa shape index (κ1) is 21.6. The van der Waals surface area contributed by atoms with Gasteiger partial charge in [-0.2, -0.15) is 0 Å². The molecule has 0 aliphatic rings. The smallest absolute Gasteiger partial charge is 0.258 e. The van der Waals surface area contributed by atoms with E-state index in [1.165, 1.54) is 30.3 Å². The third kappa shape index (κ3) is 5.09. The summed E-state index contributed by atoms with van der Waals surface area (Å²) in [5.74, 6) is -1.68. The van der Waals surface area contributed by atoms with Crippen LogP contribution in [0.5, 0.6) is 0 Å². The molecule has 0 aliphatic carbocycles. The summed E-state index contributed by atoms with van der Waals surface area (Å²) in [5, 5.41) is 10.4. The lowest BCUT2D eigenvalue weighted by Crippen LogP contribution is -2.23. The molecular weight excluding hydrogens is 429 g/mol. The number of nitrogens with two attached hydrogens (primary N) is 1. The predicted molar refractivity (Wildman–Crippen MR) is 112 cm³/mol. The van der Waals surface area contributed by atoms with Gasteiger partial charge < -0.3 is 10.6 Å². The van der Waals surface area contributed by atoms with Gasteiger partial charge >= 0.3 is 0 Å². The molecule has 2 amide bonds. The molecule has 0 aliphatic heterocycles. The summed E-state index contributed by atoms with van der Waals surface area (Å²) >= 11 is 0.970. The number of sulfonamides is 1. The molecule has 10 heteroatoms. The fraction of sp³-hybridized carbons (Fsp3) is 0.100. The van der Waals surface area contributed by atoms with Crippen LogP contribution < -0.4 is 15.8 Å². The average Bonchev–Trinajstić information content (AvgIpc) is 3.17. The molecule has 4 N–H and O–H groups in total. The Morgan fingerprint density at radius 2 is 1.80 bits per heavy atom. The van der Waals surface area contributed by atoms with Gasteiger partial charge in [0.1, 0.15) is 10.0 Å². The lowest BCUT2D eigenvalue weighted by Gasteiger charge is -2.11. The number of carbonyl (C=O) groups is 2. The summed E-state index contributed by atoms with van der Waals surface area (Å²) in [4.78, 5) is 25.4. The minimum Gasteiger partial charge on any atom is -0.347 e.